The zero-order valence-electron chi connectivity index (χ0n) is 11.1. The second-order valence-electron chi connectivity index (χ2n) is 4.07. The van der Waals surface area contributed by atoms with E-state index in [9.17, 15) is 4.79 Å². The van der Waals surface area contributed by atoms with Crippen molar-refractivity contribution in [1.82, 2.24) is 5.32 Å². The van der Waals surface area contributed by atoms with E-state index in [0.29, 0.717) is 32.8 Å². The Morgan fingerprint density at radius 3 is 2.44 bits per heavy atom. The molecule has 18 heavy (non-hydrogen) atoms. The third-order valence-corrected chi connectivity index (χ3v) is 2.51. The number of carbonyl (C=O) groups excluding carboxylic acids is 1. The molecule has 0 saturated carbocycles. The SMILES string of the molecule is CNC(=O)CCOCCOCc1ccc(C)cc1. The van der Waals surface area contributed by atoms with E-state index in [1.165, 1.54) is 5.56 Å². The maximum Gasteiger partial charge on any atom is 0.222 e. The molecule has 0 aliphatic rings. The normalized spacial score (nSPS) is 10.3. The quantitative estimate of drug-likeness (QED) is 0.715. The molecule has 0 aliphatic heterocycles. The predicted molar refractivity (Wildman–Crippen MR) is 70.3 cm³/mol. The molecule has 0 spiro atoms. The van der Waals surface area contributed by atoms with Crippen LogP contribution in [0.4, 0.5) is 0 Å². The van der Waals surface area contributed by atoms with Gasteiger partial charge in [0.05, 0.1) is 26.4 Å². The number of ether oxygens (including phenoxy) is 2. The fraction of sp³-hybridized carbons (Fsp3) is 0.500. The lowest BCUT2D eigenvalue weighted by atomic mass is 10.2. The zero-order chi connectivity index (χ0) is 13.2. The lowest BCUT2D eigenvalue weighted by molar-refractivity contribution is -0.121. The van der Waals surface area contributed by atoms with Gasteiger partial charge in [0.2, 0.25) is 5.91 Å². The topological polar surface area (TPSA) is 47.6 Å². The summed E-state index contributed by atoms with van der Waals surface area (Å²) in [6.45, 7) is 4.15. The van der Waals surface area contributed by atoms with Crippen molar-refractivity contribution in [2.24, 2.45) is 0 Å². The van der Waals surface area contributed by atoms with Gasteiger partial charge in [0, 0.05) is 13.5 Å². The van der Waals surface area contributed by atoms with E-state index in [1.807, 2.05) is 0 Å². The fourth-order valence-electron chi connectivity index (χ4n) is 1.38. The smallest absolute Gasteiger partial charge is 0.222 e. The molecule has 1 rings (SSSR count). The molecule has 100 valence electrons. The van der Waals surface area contributed by atoms with Crippen LogP contribution in [0.1, 0.15) is 17.5 Å². The van der Waals surface area contributed by atoms with Crippen LogP contribution in [0.5, 0.6) is 0 Å². The summed E-state index contributed by atoms with van der Waals surface area (Å²) in [6, 6.07) is 8.25. The van der Waals surface area contributed by atoms with Crippen LogP contribution >= 0.6 is 0 Å². The number of aryl methyl sites for hydroxylation is 1. The molecule has 0 saturated heterocycles. The Kier molecular flexibility index (Phi) is 7.06. The molecule has 0 unspecified atom stereocenters. The summed E-state index contributed by atoms with van der Waals surface area (Å²) in [7, 11) is 1.62. The fourth-order valence-corrected chi connectivity index (χ4v) is 1.38. The molecular formula is C14H21NO3. The minimum absolute atomic E-state index is 0.00410. The maximum atomic E-state index is 10.9. The average Bonchev–Trinajstić information content (AvgIpc) is 2.39. The minimum atomic E-state index is -0.00410. The van der Waals surface area contributed by atoms with E-state index in [4.69, 9.17) is 9.47 Å². The Morgan fingerprint density at radius 1 is 1.11 bits per heavy atom. The Bertz CT molecular complexity index is 349. The molecule has 4 nitrogen and oxygen atoms in total. The number of rotatable bonds is 8. The first kappa shape index (κ1) is 14.7. The number of hydrogen-bond donors (Lipinski definition) is 1. The first-order valence-corrected chi connectivity index (χ1v) is 6.14. The van der Waals surface area contributed by atoms with Crippen molar-refractivity contribution in [1.29, 1.82) is 0 Å². The highest BCUT2D eigenvalue weighted by atomic mass is 16.5. The highest BCUT2D eigenvalue weighted by Gasteiger charge is 1.97. The van der Waals surface area contributed by atoms with Crippen molar-refractivity contribution in [3.8, 4) is 0 Å². The predicted octanol–water partition coefficient (Wildman–Crippen LogP) is 1.66. The van der Waals surface area contributed by atoms with Gasteiger partial charge in [-0.1, -0.05) is 29.8 Å². The van der Waals surface area contributed by atoms with E-state index < -0.39 is 0 Å². The van der Waals surface area contributed by atoms with Crippen molar-refractivity contribution < 1.29 is 14.3 Å². The largest absolute Gasteiger partial charge is 0.379 e. The number of nitrogens with one attached hydrogen (secondary N) is 1. The Balaban J connectivity index is 1.99. The summed E-state index contributed by atoms with van der Waals surface area (Å²) in [5.41, 5.74) is 2.40. The van der Waals surface area contributed by atoms with Crippen molar-refractivity contribution >= 4 is 5.91 Å². The summed E-state index contributed by atoms with van der Waals surface area (Å²) in [6.07, 6.45) is 0.397. The molecule has 1 aromatic rings. The number of carbonyl (C=O) groups is 1. The number of amides is 1. The summed E-state index contributed by atoms with van der Waals surface area (Å²) < 4.78 is 10.7. The van der Waals surface area contributed by atoms with E-state index in [-0.39, 0.29) is 5.91 Å². The van der Waals surface area contributed by atoms with E-state index in [2.05, 4.69) is 36.5 Å². The Hall–Kier alpha value is -1.39. The van der Waals surface area contributed by atoms with Crippen molar-refractivity contribution in [2.75, 3.05) is 26.9 Å². The van der Waals surface area contributed by atoms with Gasteiger partial charge in [0.25, 0.3) is 0 Å². The highest BCUT2D eigenvalue weighted by molar-refractivity contribution is 5.75. The molecular weight excluding hydrogens is 230 g/mol. The van der Waals surface area contributed by atoms with Gasteiger partial charge in [-0.25, -0.2) is 0 Å². The monoisotopic (exact) mass is 251 g/mol. The summed E-state index contributed by atoms with van der Waals surface area (Å²) in [5, 5.41) is 2.54. The van der Waals surface area contributed by atoms with Crippen LogP contribution in [0.3, 0.4) is 0 Å². The molecule has 0 atom stereocenters. The van der Waals surface area contributed by atoms with Gasteiger partial charge in [-0.15, -0.1) is 0 Å². The molecule has 0 bridgehead atoms. The van der Waals surface area contributed by atoms with Crippen LogP contribution in [0.2, 0.25) is 0 Å². The lowest BCUT2D eigenvalue weighted by Gasteiger charge is -2.06. The summed E-state index contributed by atoms with van der Waals surface area (Å²) in [5.74, 6) is -0.00410. The molecule has 1 aromatic carbocycles. The van der Waals surface area contributed by atoms with Gasteiger partial charge in [-0.3, -0.25) is 4.79 Å². The highest BCUT2D eigenvalue weighted by Crippen LogP contribution is 2.04. The van der Waals surface area contributed by atoms with Crippen LogP contribution in [0, 0.1) is 6.92 Å². The van der Waals surface area contributed by atoms with Gasteiger partial charge >= 0.3 is 0 Å². The van der Waals surface area contributed by atoms with Crippen LogP contribution in [-0.2, 0) is 20.9 Å². The molecule has 4 heteroatoms. The molecule has 0 radical (unpaired) electrons. The average molecular weight is 251 g/mol. The second kappa shape index (κ2) is 8.66. The molecule has 1 amide bonds. The standard InChI is InChI=1S/C14H21NO3/c1-12-3-5-13(6-4-12)11-18-10-9-17-8-7-14(16)15-2/h3-6H,7-11H2,1-2H3,(H,15,16). The van der Waals surface area contributed by atoms with Crippen molar-refractivity contribution in [2.45, 2.75) is 20.0 Å². The molecule has 1 N–H and O–H groups in total. The zero-order valence-corrected chi connectivity index (χ0v) is 11.1. The van der Waals surface area contributed by atoms with Gasteiger partial charge in [0.1, 0.15) is 0 Å². The third-order valence-electron chi connectivity index (χ3n) is 2.51. The van der Waals surface area contributed by atoms with Gasteiger partial charge in [-0.05, 0) is 12.5 Å². The van der Waals surface area contributed by atoms with E-state index in [0.717, 1.165) is 5.56 Å². The van der Waals surface area contributed by atoms with E-state index >= 15 is 0 Å². The summed E-state index contributed by atoms with van der Waals surface area (Å²) in [4.78, 5) is 10.9. The first-order valence-electron chi connectivity index (χ1n) is 6.14. The van der Waals surface area contributed by atoms with Crippen LogP contribution in [0.15, 0.2) is 24.3 Å². The molecule has 0 aliphatic carbocycles. The Labute approximate surface area is 108 Å². The number of hydrogen-bond acceptors (Lipinski definition) is 3. The van der Waals surface area contributed by atoms with E-state index in [1.54, 1.807) is 7.05 Å². The first-order chi connectivity index (χ1) is 8.72. The third kappa shape index (κ3) is 6.37. The minimum Gasteiger partial charge on any atom is -0.379 e. The van der Waals surface area contributed by atoms with Crippen molar-refractivity contribution in [3.05, 3.63) is 35.4 Å². The Morgan fingerprint density at radius 2 is 1.78 bits per heavy atom. The van der Waals surface area contributed by atoms with Crippen LogP contribution < -0.4 is 5.32 Å². The maximum absolute atomic E-state index is 10.9. The van der Waals surface area contributed by atoms with Crippen molar-refractivity contribution in [3.63, 3.8) is 0 Å². The molecule has 0 fully saturated rings. The van der Waals surface area contributed by atoms with Crippen LogP contribution in [-0.4, -0.2) is 32.8 Å². The molecule has 0 heterocycles. The lowest BCUT2D eigenvalue weighted by Crippen LogP contribution is -2.19. The molecule has 0 aromatic heterocycles. The summed E-state index contributed by atoms with van der Waals surface area (Å²) >= 11 is 0. The van der Waals surface area contributed by atoms with Gasteiger partial charge in [-0.2, -0.15) is 0 Å². The van der Waals surface area contributed by atoms with Gasteiger partial charge in [0.15, 0.2) is 0 Å². The van der Waals surface area contributed by atoms with Crippen LogP contribution in [0.25, 0.3) is 0 Å². The second-order valence-corrected chi connectivity index (χ2v) is 4.07. The van der Waals surface area contributed by atoms with Gasteiger partial charge < -0.3 is 14.8 Å². The number of benzene rings is 1.